The Morgan fingerprint density at radius 3 is 2.00 bits per heavy atom. The summed E-state index contributed by atoms with van der Waals surface area (Å²) < 4.78 is 5.12. The number of anilines is 2. The lowest BCUT2D eigenvalue weighted by Crippen LogP contribution is -2.60. The van der Waals surface area contributed by atoms with Crippen LogP contribution in [0.5, 0.6) is 0 Å². The van der Waals surface area contributed by atoms with E-state index in [1.807, 2.05) is 0 Å². The second kappa shape index (κ2) is 9.21. The highest BCUT2D eigenvalue weighted by atomic mass is 15.1. The molecular formula is C47H34BN3. The lowest BCUT2D eigenvalue weighted by Gasteiger charge is -2.43. The van der Waals surface area contributed by atoms with E-state index in [4.69, 9.17) is 0 Å². The molecule has 0 saturated heterocycles. The summed E-state index contributed by atoms with van der Waals surface area (Å²) in [7, 11) is 0. The van der Waals surface area contributed by atoms with E-state index in [2.05, 4.69) is 175 Å². The number of para-hydroxylation sites is 5. The van der Waals surface area contributed by atoms with Crippen LogP contribution in [0.4, 0.5) is 11.4 Å². The Morgan fingerprint density at radius 2 is 1.20 bits per heavy atom. The van der Waals surface area contributed by atoms with Gasteiger partial charge in [-0.1, -0.05) is 118 Å². The maximum absolute atomic E-state index is 2.68. The first kappa shape index (κ1) is 27.8. The second-order valence-corrected chi connectivity index (χ2v) is 15.8. The van der Waals surface area contributed by atoms with Crippen LogP contribution in [-0.4, -0.2) is 15.8 Å². The number of aromatic nitrogens is 2. The predicted octanol–water partition coefficient (Wildman–Crippen LogP) is 10.8. The lowest BCUT2D eigenvalue weighted by molar-refractivity contribution is 0.590. The zero-order valence-corrected chi connectivity index (χ0v) is 29.1. The van der Waals surface area contributed by atoms with Crippen molar-refractivity contribution in [2.75, 3.05) is 4.81 Å². The van der Waals surface area contributed by atoms with Crippen molar-refractivity contribution in [3.8, 4) is 16.8 Å². The zero-order valence-electron chi connectivity index (χ0n) is 29.1. The molecule has 0 atom stereocenters. The van der Waals surface area contributed by atoms with E-state index in [9.17, 15) is 0 Å². The van der Waals surface area contributed by atoms with Crippen LogP contribution in [0.2, 0.25) is 0 Å². The highest BCUT2D eigenvalue weighted by molar-refractivity contribution is 6.93. The molecule has 4 heteroatoms. The standard InChI is InChI=1S/C47H34BN3/c1-27-13-5-8-20-36(27)51-40-24-23-39-42(33-18-11-16-31-29-14-6-9-21-37(29)49(39)45(31)33)43(40)34-25-28(47(2,3)4)26-41-44(34)48(51)35-19-12-17-32-30-15-7-10-22-38(30)50(41)46(32)35/h5-26H,1-4H3. The Balaban J connectivity index is 1.34. The number of benzene rings is 7. The van der Waals surface area contributed by atoms with Gasteiger partial charge in [-0.25, -0.2) is 0 Å². The number of rotatable bonds is 1. The predicted molar refractivity (Wildman–Crippen MR) is 218 cm³/mol. The Hall–Kier alpha value is -6.00. The molecule has 240 valence electrons. The molecule has 0 unspecified atom stereocenters. The Labute approximate surface area is 296 Å². The fourth-order valence-corrected chi connectivity index (χ4v) is 9.92. The minimum atomic E-state index is -0.0488. The SMILES string of the molecule is Cc1ccccc1N1B2c3c(cc(C(C)(C)C)cc3-n3c4ccccc4c4cccc2c43)-c2c1ccc1c2c2cccc3c4ccccc4n1c32. The van der Waals surface area contributed by atoms with Gasteiger partial charge in [0, 0.05) is 54.9 Å². The van der Waals surface area contributed by atoms with Gasteiger partial charge in [0.1, 0.15) is 0 Å². The second-order valence-electron chi connectivity index (χ2n) is 15.8. The first-order valence-corrected chi connectivity index (χ1v) is 18.2. The van der Waals surface area contributed by atoms with Crippen molar-refractivity contribution in [3.05, 3.63) is 145 Å². The molecule has 5 heterocycles. The van der Waals surface area contributed by atoms with Crippen LogP contribution < -0.4 is 15.7 Å². The lowest BCUT2D eigenvalue weighted by atomic mass is 9.43. The Kier molecular flexibility index (Phi) is 5.02. The quantitative estimate of drug-likeness (QED) is 0.161. The zero-order chi connectivity index (χ0) is 33.9. The van der Waals surface area contributed by atoms with Crippen LogP contribution in [0.3, 0.4) is 0 Å². The number of hydrogen-bond donors (Lipinski definition) is 0. The first-order chi connectivity index (χ1) is 24.9. The molecule has 3 nitrogen and oxygen atoms in total. The van der Waals surface area contributed by atoms with Gasteiger partial charge < -0.3 is 13.8 Å². The highest BCUT2D eigenvalue weighted by Crippen LogP contribution is 2.51. The molecule has 0 spiro atoms. The molecule has 0 saturated carbocycles. The van der Waals surface area contributed by atoms with Gasteiger partial charge in [0.05, 0.1) is 27.6 Å². The van der Waals surface area contributed by atoms with Gasteiger partial charge in [0.25, 0.3) is 0 Å². The molecule has 0 radical (unpaired) electrons. The Bertz CT molecular complexity index is 3150. The maximum Gasteiger partial charge on any atom is 0.333 e. The van der Waals surface area contributed by atoms with Gasteiger partial charge in [-0.15, -0.1) is 0 Å². The molecule has 3 aromatic heterocycles. The summed E-state index contributed by atoms with van der Waals surface area (Å²) in [6.07, 6.45) is 0. The summed E-state index contributed by atoms with van der Waals surface area (Å²) in [4.78, 5) is 2.68. The monoisotopic (exact) mass is 651 g/mol. The van der Waals surface area contributed by atoms with Crippen molar-refractivity contribution >= 4 is 89.0 Å². The summed E-state index contributed by atoms with van der Waals surface area (Å²) in [5.74, 6) is 0. The topological polar surface area (TPSA) is 12.6 Å². The molecule has 0 N–H and O–H groups in total. The van der Waals surface area contributed by atoms with Crippen LogP contribution in [0, 0.1) is 6.92 Å². The van der Waals surface area contributed by atoms with Gasteiger partial charge in [0.15, 0.2) is 0 Å². The molecule has 0 fully saturated rings. The average molecular weight is 652 g/mol. The summed E-state index contributed by atoms with van der Waals surface area (Å²) in [5, 5.41) is 7.91. The molecule has 0 bridgehead atoms. The molecule has 0 aliphatic carbocycles. The van der Waals surface area contributed by atoms with Crippen LogP contribution >= 0.6 is 0 Å². The maximum atomic E-state index is 2.68. The van der Waals surface area contributed by atoms with E-state index in [-0.39, 0.29) is 12.3 Å². The highest BCUT2D eigenvalue weighted by Gasteiger charge is 2.45. The fourth-order valence-electron chi connectivity index (χ4n) is 9.92. The Morgan fingerprint density at radius 1 is 0.529 bits per heavy atom. The minimum Gasteiger partial charge on any atom is -0.376 e. The van der Waals surface area contributed by atoms with Gasteiger partial charge in [-0.2, -0.15) is 0 Å². The third-order valence-electron chi connectivity index (χ3n) is 12.1. The van der Waals surface area contributed by atoms with Gasteiger partial charge in [0.2, 0.25) is 0 Å². The van der Waals surface area contributed by atoms with Crippen LogP contribution in [0.25, 0.3) is 76.7 Å². The van der Waals surface area contributed by atoms with Gasteiger partial charge in [-0.3, -0.25) is 0 Å². The van der Waals surface area contributed by atoms with E-state index in [1.165, 1.54) is 110 Å². The first-order valence-electron chi connectivity index (χ1n) is 18.2. The molecule has 2 aliphatic rings. The summed E-state index contributed by atoms with van der Waals surface area (Å²) in [6, 6.07) is 50.6. The average Bonchev–Trinajstić information content (AvgIpc) is 3.79. The fraction of sp³-hybridized carbons (Fsp3) is 0.106. The molecule has 2 aliphatic heterocycles. The summed E-state index contributed by atoms with van der Waals surface area (Å²) in [6.45, 7) is 9.34. The smallest absolute Gasteiger partial charge is 0.333 e. The summed E-state index contributed by atoms with van der Waals surface area (Å²) in [5.41, 5.74) is 18.3. The molecule has 12 rings (SSSR count). The molecule has 10 aromatic rings. The summed E-state index contributed by atoms with van der Waals surface area (Å²) >= 11 is 0. The van der Waals surface area contributed by atoms with Crippen molar-refractivity contribution < 1.29 is 0 Å². The van der Waals surface area contributed by atoms with Crippen LogP contribution in [0.1, 0.15) is 31.9 Å². The van der Waals surface area contributed by atoms with Crippen molar-refractivity contribution in [2.24, 2.45) is 0 Å². The van der Waals surface area contributed by atoms with E-state index in [0.717, 1.165) is 0 Å². The number of hydrogen-bond acceptors (Lipinski definition) is 1. The molecular weight excluding hydrogens is 617 g/mol. The van der Waals surface area contributed by atoms with Crippen molar-refractivity contribution in [3.63, 3.8) is 0 Å². The third-order valence-corrected chi connectivity index (χ3v) is 12.1. The number of fused-ring (bicyclic) bond motifs is 14. The van der Waals surface area contributed by atoms with Crippen LogP contribution in [0.15, 0.2) is 133 Å². The van der Waals surface area contributed by atoms with E-state index >= 15 is 0 Å². The van der Waals surface area contributed by atoms with E-state index < -0.39 is 0 Å². The number of nitrogens with zero attached hydrogens (tertiary/aromatic N) is 3. The van der Waals surface area contributed by atoms with Crippen molar-refractivity contribution in [1.82, 2.24) is 8.97 Å². The third kappa shape index (κ3) is 3.27. The molecule has 0 amide bonds. The van der Waals surface area contributed by atoms with E-state index in [0.29, 0.717) is 0 Å². The molecule has 7 aromatic carbocycles. The van der Waals surface area contributed by atoms with Crippen LogP contribution in [-0.2, 0) is 5.41 Å². The van der Waals surface area contributed by atoms with Crippen molar-refractivity contribution in [2.45, 2.75) is 33.1 Å². The van der Waals surface area contributed by atoms with Gasteiger partial charge in [-0.05, 0) is 76.4 Å². The normalized spacial score (nSPS) is 13.8. The van der Waals surface area contributed by atoms with Gasteiger partial charge >= 0.3 is 6.85 Å². The minimum absolute atomic E-state index is 0.00752. The molecule has 51 heavy (non-hydrogen) atoms. The largest absolute Gasteiger partial charge is 0.376 e. The number of aryl methyl sites for hydroxylation is 1. The van der Waals surface area contributed by atoms with E-state index in [1.54, 1.807) is 0 Å². The van der Waals surface area contributed by atoms with Crippen molar-refractivity contribution in [1.29, 1.82) is 0 Å².